The minimum Gasteiger partial charge on any atom is -0.475 e. The van der Waals surface area contributed by atoms with E-state index < -0.39 is 12.1 Å². The van der Waals surface area contributed by atoms with E-state index in [0.717, 1.165) is 30.6 Å². The van der Waals surface area contributed by atoms with Crippen LogP contribution in [-0.2, 0) is 11.2 Å². The molecular formula is C18H19F4N5O3. The first-order valence-corrected chi connectivity index (χ1v) is 9.08. The Balaban J connectivity index is 0.000000318. The molecule has 1 aliphatic heterocycles. The lowest BCUT2D eigenvalue weighted by Crippen LogP contribution is -2.43. The molecule has 0 spiro atoms. The minimum absolute atomic E-state index is 0.174. The molecule has 0 aliphatic carbocycles. The first-order chi connectivity index (χ1) is 14.1. The summed E-state index contributed by atoms with van der Waals surface area (Å²) in [7, 11) is 0. The van der Waals surface area contributed by atoms with E-state index in [1.54, 1.807) is 6.07 Å². The highest BCUT2D eigenvalue weighted by Crippen LogP contribution is 2.28. The molecule has 8 nitrogen and oxygen atoms in total. The molecule has 3 heterocycles. The van der Waals surface area contributed by atoms with Crippen LogP contribution < -0.4 is 5.32 Å². The quantitative estimate of drug-likeness (QED) is 0.614. The number of aliphatic carboxylic acids is 1. The number of alkyl halides is 3. The average molecular weight is 429 g/mol. The van der Waals surface area contributed by atoms with E-state index in [9.17, 15) is 17.6 Å². The van der Waals surface area contributed by atoms with Gasteiger partial charge < -0.3 is 14.9 Å². The van der Waals surface area contributed by atoms with Gasteiger partial charge in [-0.25, -0.2) is 9.18 Å². The summed E-state index contributed by atoms with van der Waals surface area (Å²) in [6.07, 6.45) is -4.35. The van der Waals surface area contributed by atoms with Crippen LogP contribution in [0.5, 0.6) is 0 Å². The van der Waals surface area contributed by atoms with Crippen molar-refractivity contribution in [3.63, 3.8) is 0 Å². The number of halogens is 4. The van der Waals surface area contributed by atoms with Crippen LogP contribution in [0, 0.1) is 11.7 Å². The molecule has 0 saturated carbocycles. The molecule has 3 aromatic rings. The van der Waals surface area contributed by atoms with Gasteiger partial charge in [0.05, 0.1) is 5.69 Å². The van der Waals surface area contributed by atoms with E-state index in [0.29, 0.717) is 17.3 Å². The molecule has 162 valence electrons. The molecule has 1 aliphatic rings. The number of aromatic nitrogens is 4. The third-order valence-corrected chi connectivity index (χ3v) is 4.45. The number of carboxylic acid groups (broad SMARTS) is 1. The Kier molecular flexibility index (Phi) is 6.06. The van der Waals surface area contributed by atoms with Crippen LogP contribution in [-0.4, -0.2) is 50.3 Å². The predicted octanol–water partition coefficient (Wildman–Crippen LogP) is 3.07. The van der Waals surface area contributed by atoms with E-state index >= 15 is 0 Å². The summed E-state index contributed by atoms with van der Waals surface area (Å²) in [4.78, 5) is 13.3. The summed E-state index contributed by atoms with van der Waals surface area (Å²) >= 11 is 0. The van der Waals surface area contributed by atoms with Crippen LogP contribution in [0.2, 0.25) is 0 Å². The summed E-state index contributed by atoms with van der Waals surface area (Å²) in [6, 6.07) is 4.99. The molecule has 2 aromatic heterocycles. The van der Waals surface area contributed by atoms with Crippen molar-refractivity contribution in [3.05, 3.63) is 35.6 Å². The van der Waals surface area contributed by atoms with Gasteiger partial charge in [0, 0.05) is 11.8 Å². The lowest BCUT2D eigenvalue weighted by molar-refractivity contribution is -0.192. The number of fused-ring (bicyclic) bond motifs is 1. The molecule has 1 fully saturated rings. The van der Waals surface area contributed by atoms with Gasteiger partial charge in [-0.15, -0.1) is 0 Å². The van der Waals surface area contributed by atoms with E-state index in [2.05, 4.69) is 20.6 Å². The second-order valence-corrected chi connectivity index (χ2v) is 7.11. The van der Waals surface area contributed by atoms with Crippen molar-refractivity contribution in [2.75, 3.05) is 13.1 Å². The van der Waals surface area contributed by atoms with Gasteiger partial charge in [-0.3, -0.25) is 0 Å². The summed E-state index contributed by atoms with van der Waals surface area (Å²) in [5, 5.41) is 19.6. The molecule has 0 radical (unpaired) electrons. The number of carbonyl (C=O) groups is 1. The molecule has 4 rings (SSSR count). The van der Waals surface area contributed by atoms with E-state index in [-0.39, 0.29) is 17.7 Å². The molecule has 0 bridgehead atoms. The predicted molar refractivity (Wildman–Crippen MR) is 96.7 cm³/mol. The van der Waals surface area contributed by atoms with Gasteiger partial charge >= 0.3 is 12.1 Å². The van der Waals surface area contributed by atoms with Crippen LogP contribution in [0.4, 0.5) is 17.6 Å². The number of benzene rings is 1. The van der Waals surface area contributed by atoms with E-state index in [1.807, 2.05) is 19.9 Å². The maximum atomic E-state index is 14.3. The number of carboxylic acids is 1. The highest BCUT2D eigenvalue weighted by atomic mass is 19.4. The number of para-hydroxylation sites is 1. The van der Waals surface area contributed by atoms with Crippen molar-refractivity contribution in [3.8, 4) is 5.95 Å². The number of rotatable bonds is 4. The molecule has 1 saturated heterocycles. The lowest BCUT2D eigenvalue weighted by Gasteiger charge is -2.25. The zero-order valence-electron chi connectivity index (χ0n) is 16.1. The number of hydrogen-bond donors (Lipinski definition) is 2. The highest BCUT2D eigenvalue weighted by molar-refractivity contribution is 5.84. The smallest absolute Gasteiger partial charge is 0.475 e. The molecular weight excluding hydrogens is 410 g/mol. The van der Waals surface area contributed by atoms with Gasteiger partial charge in [0.25, 0.3) is 5.95 Å². The average Bonchev–Trinajstić information content (AvgIpc) is 3.23. The molecule has 12 heteroatoms. The van der Waals surface area contributed by atoms with Crippen molar-refractivity contribution in [1.82, 2.24) is 25.2 Å². The van der Waals surface area contributed by atoms with E-state index in [1.165, 1.54) is 10.7 Å². The topological polar surface area (TPSA) is 106 Å². The second-order valence-electron chi connectivity index (χ2n) is 7.11. The summed E-state index contributed by atoms with van der Waals surface area (Å²) in [5.41, 5.74) is 1.22. The normalized spacial score (nSPS) is 14.5. The fraction of sp³-hybridized carbons (Fsp3) is 0.444. The van der Waals surface area contributed by atoms with Gasteiger partial charge in [-0.05, 0) is 36.1 Å². The Bertz CT molecular complexity index is 1040. The van der Waals surface area contributed by atoms with E-state index in [4.69, 9.17) is 14.4 Å². The first kappa shape index (κ1) is 21.7. The first-order valence-electron chi connectivity index (χ1n) is 9.08. The SMILES string of the molecule is CC(C)c1nn(-c2noc(CC3CNC3)n2)c2c(F)cccc12.O=C(O)C(F)(F)F. The maximum absolute atomic E-state index is 14.3. The van der Waals surface area contributed by atoms with Gasteiger partial charge in [0.2, 0.25) is 5.89 Å². The summed E-state index contributed by atoms with van der Waals surface area (Å²) in [5.74, 6) is -1.54. The second kappa shape index (κ2) is 8.38. The number of hydrogen-bond acceptors (Lipinski definition) is 6. The fourth-order valence-electron chi connectivity index (χ4n) is 2.87. The van der Waals surface area contributed by atoms with Crippen LogP contribution >= 0.6 is 0 Å². The van der Waals surface area contributed by atoms with Gasteiger partial charge in [0.15, 0.2) is 0 Å². The third kappa shape index (κ3) is 4.58. The van der Waals surface area contributed by atoms with Crippen molar-refractivity contribution >= 4 is 16.9 Å². The standard InChI is InChI=1S/C16H18FN5O.C2HF3O2/c1-9(2)14-11-4-3-5-12(17)15(11)22(20-14)16-19-13(23-21-16)6-10-7-18-8-10;3-2(4,5)1(6)7/h3-5,9-10,18H,6-8H2,1-2H3;(H,6,7). The molecule has 1 aromatic carbocycles. The van der Waals surface area contributed by atoms with Crippen molar-refractivity contribution < 1.29 is 32.0 Å². The number of nitrogens with zero attached hydrogens (tertiary/aromatic N) is 4. The summed E-state index contributed by atoms with van der Waals surface area (Å²) in [6.45, 7) is 5.99. The highest BCUT2D eigenvalue weighted by Gasteiger charge is 2.38. The lowest BCUT2D eigenvalue weighted by atomic mass is 10.00. The van der Waals surface area contributed by atoms with Crippen LogP contribution in [0.1, 0.15) is 31.4 Å². The monoisotopic (exact) mass is 429 g/mol. The molecule has 2 N–H and O–H groups in total. The summed E-state index contributed by atoms with van der Waals surface area (Å²) < 4.78 is 52.8. The Morgan fingerprint density at radius 1 is 1.37 bits per heavy atom. The van der Waals surface area contributed by atoms with Gasteiger partial charge in [0.1, 0.15) is 11.3 Å². The minimum atomic E-state index is -5.08. The Morgan fingerprint density at radius 2 is 2.03 bits per heavy atom. The van der Waals surface area contributed by atoms with Crippen molar-refractivity contribution in [2.45, 2.75) is 32.4 Å². The number of nitrogens with one attached hydrogen (secondary N) is 1. The van der Waals surface area contributed by atoms with Crippen molar-refractivity contribution in [2.24, 2.45) is 5.92 Å². The molecule has 0 unspecified atom stereocenters. The van der Waals surface area contributed by atoms with Crippen molar-refractivity contribution in [1.29, 1.82) is 0 Å². The Labute approximate surface area is 167 Å². The van der Waals surface area contributed by atoms with Crippen LogP contribution in [0.15, 0.2) is 22.7 Å². The zero-order chi connectivity index (χ0) is 22.1. The van der Waals surface area contributed by atoms with Crippen LogP contribution in [0.25, 0.3) is 16.9 Å². The third-order valence-electron chi connectivity index (χ3n) is 4.45. The largest absolute Gasteiger partial charge is 0.490 e. The van der Waals surface area contributed by atoms with Gasteiger partial charge in [-0.1, -0.05) is 26.0 Å². The molecule has 0 amide bonds. The fourth-order valence-corrected chi connectivity index (χ4v) is 2.87. The molecule has 0 atom stereocenters. The molecule has 30 heavy (non-hydrogen) atoms. The van der Waals surface area contributed by atoms with Gasteiger partial charge in [-0.2, -0.15) is 27.9 Å². The maximum Gasteiger partial charge on any atom is 0.490 e. The van der Waals surface area contributed by atoms with Crippen LogP contribution in [0.3, 0.4) is 0 Å². The zero-order valence-corrected chi connectivity index (χ0v) is 16.1. The Hall–Kier alpha value is -3.02. The Morgan fingerprint density at radius 3 is 2.57 bits per heavy atom.